The molecule has 1 aromatic heterocycles. The molecule has 1 atom stereocenters. The number of nitrogens with zero attached hydrogens (tertiary/aromatic N) is 3. The van der Waals surface area contributed by atoms with Gasteiger partial charge in [-0.2, -0.15) is 5.10 Å². The second kappa shape index (κ2) is 12.9. The van der Waals surface area contributed by atoms with E-state index < -0.39 is 24.1 Å². The number of ether oxygens (including phenoxy) is 3. The van der Waals surface area contributed by atoms with Gasteiger partial charge in [0, 0.05) is 38.5 Å². The molecule has 224 valence electrons. The third kappa shape index (κ3) is 6.68. The van der Waals surface area contributed by atoms with Crippen molar-refractivity contribution in [2.45, 2.75) is 19.6 Å². The van der Waals surface area contributed by atoms with Crippen molar-refractivity contribution in [2.75, 3.05) is 31.3 Å². The van der Waals surface area contributed by atoms with Gasteiger partial charge >= 0.3 is 12.1 Å². The van der Waals surface area contributed by atoms with E-state index in [1.807, 2.05) is 6.92 Å². The van der Waals surface area contributed by atoms with Crippen molar-refractivity contribution >= 4 is 41.0 Å². The molecular weight excluding hydrogens is 607 g/mol. The van der Waals surface area contributed by atoms with Crippen LogP contribution in [-0.4, -0.2) is 59.5 Å². The van der Waals surface area contributed by atoms with Crippen LogP contribution in [0.1, 0.15) is 21.5 Å². The Morgan fingerprint density at radius 1 is 1.14 bits per heavy atom. The summed E-state index contributed by atoms with van der Waals surface area (Å²) in [5.41, 5.74) is 1.92. The smallest absolute Gasteiger partial charge is 0.414 e. The van der Waals surface area contributed by atoms with Crippen LogP contribution in [-0.2, 0) is 11.3 Å². The first kappa shape index (κ1) is 30.1. The molecule has 1 N–H and O–H groups in total. The maximum atomic E-state index is 14.7. The molecule has 2 heterocycles. The Balaban J connectivity index is 1.33. The van der Waals surface area contributed by atoms with Crippen molar-refractivity contribution in [3.05, 3.63) is 93.5 Å². The van der Waals surface area contributed by atoms with E-state index in [9.17, 15) is 18.4 Å². The van der Waals surface area contributed by atoms with Crippen molar-refractivity contribution in [3.63, 3.8) is 0 Å². The number of carbonyl (C=O) groups excluding carboxylic acids is 1. The van der Waals surface area contributed by atoms with Crippen LogP contribution in [0.5, 0.6) is 11.5 Å². The summed E-state index contributed by atoms with van der Waals surface area (Å²) in [4.78, 5) is 25.4. The van der Waals surface area contributed by atoms with Crippen molar-refractivity contribution in [1.82, 2.24) is 9.78 Å². The fraction of sp³-hybridized carbons (Fsp3) is 0.233. The summed E-state index contributed by atoms with van der Waals surface area (Å²) in [6, 6.07) is 12.3. The molecule has 0 bridgehead atoms. The lowest BCUT2D eigenvalue weighted by Gasteiger charge is -2.22. The molecule has 0 saturated heterocycles. The summed E-state index contributed by atoms with van der Waals surface area (Å²) in [7, 11) is 0. The Labute approximate surface area is 255 Å². The number of hydrogen-bond donors (Lipinski definition) is 1. The lowest BCUT2D eigenvalue weighted by atomic mass is 10.1. The zero-order chi connectivity index (χ0) is 30.7. The number of rotatable bonds is 8. The van der Waals surface area contributed by atoms with Crippen molar-refractivity contribution in [3.8, 4) is 22.6 Å². The molecule has 0 spiro atoms. The normalized spacial score (nSPS) is 14.4. The molecule has 3 aromatic carbocycles. The number of alkyl halides is 1. The molecule has 4 aromatic rings. The second-order valence-corrected chi connectivity index (χ2v) is 10.5. The van der Waals surface area contributed by atoms with Crippen LogP contribution in [0.25, 0.3) is 11.1 Å². The molecule has 0 saturated carbocycles. The fourth-order valence-corrected chi connectivity index (χ4v) is 4.98. The summed E-state index contributed by atoms with van der Waals surface area (Å²) in [5.74, 6) is -1.27. The first-order valence-electron chi connectivity index (χ1n) is 13.1. The minimum absolute atomic E-state index is 0.0531. The van der Waals surface area contributed by atoms with Crippen LogP contribution in [0, 0.1) is 12.7 Å². The topological polar surface area (TPSA) is 103 Å². The van der Waals surface area contributed by atoms with Crippen LogP contribution in [0.15, 0.2) is 60.9 Å². The number of hydrogen-bond acceptors (Lipinski definition) is 6. The van der Waals surface area contributed by atoms with Gasteiger partial charge in [-0.15, -0.1) is 0 Å². The summed E-state index contributed by atoms with van der Waals surface area (Å²) in [5, 5.41) is 13.9. The van der Waals surface area contributed by atoms with Crippen LogP contribution in [0.4, 0.5) is 19.3 Å². The number of halogens is 4. The van der Waals surface area contributed by atoms with Crippen LogP contribution in [0.3, 0.4) is 0 Å². The first-order chi connectivity index (χ1) is 20.6. The number of aromatic carboxylic acids is 1. The first-order valence-corrected chi connectivity index (χ1v) is 13.8. The van der Waals surface area contributed by atoms with Crippen molar-refractivity contribution < 1.29 is 37.7 Å². The van der Waals surface area contributed by atoms with Gasteiger partial charge in [-0.3, -0.25) is 9.58 Å². The molecule has 1 unspecified atom stereocenters. The number of anilines is 1. The Bertz CT molecular complexity index is 1660. The number of para-hydroxylation sites is 1. The summed E-state index contributed by atoms with van der Waals surface area (Å²) in [6.45, 7) is 1.12. The zero-order valence-electron chi connectivity index (χ0n) is 22.7. The van der Waals surface area contributed by atoms with Crippen LogP contribution >= 0.6 is 23.2 Å². The molecule has 43 heavy (non-hydrogen) atoms. The second-order valence-electron chi connectivity index (χ2n) is 9.65. The third-order valence-electron chi connectivity index (χ3n) is 6.73. The molecule has 5 rings (SSSR count). The predicted octanol–water partition coefficient (Wildman–Crippen LogP) is 6.80. The fourth-order valence-electron chi connectivity index (χ4n) is 4.54. The van der Waals surface area contributed by atoms with Gasteiger partial charge in [0.1, 0.15) is 31.4 Å². The molecule has 0 fully saturated rings. The average Bonchev–Trinajstić information content (AvgIpc) is 3.37. The third-order valence-corrected chi connectivity index (χ3v) is 7.48. The number of aromatic nitrogens is 2. The SMILES string of the molecule is Cc1c(Cl)cccc1OCCOC(=O)N1CC(F)COc2c(-c3cnn(Cc4c(F)cc(C(=O)O)cc4Cl)c3)cccc21. The van der Waals surface area contributed by atoms with Gasteiger partial charge in [0.05, 0.1) is 30.5 Å². The number of amides is 1. The monoisotopic (exact) mass is 631 g/mol. The molecule has 9 nitrogen and oxygen atoms in total. The maximum absolute atomic E-state index is 14.7. The van der Waals surface area contributed by atoms with Gasteiger partial charge < -0.3 is 19.3 Å². The number of carboxylic acid groups (broad SMARTS) is 1. The van der Waals surface area contributed by atoms with Gasteiger partial charge in [-0.1, -0.05) is 41.4 Å². The zero-order valence-corrected chi connectivity index (χ0v) is 24.2. The largest absolute Gasteiger partial charge is 0.490 e. The van der Waals surface area contributed by atoms with Gasteiger partial charge in [0.2, 0.25) is 0 Å². The Kier molecular flexibility index (Phi) is 9.02. The molecular formula is C30H25Cl2F2N3O6. The predicted molar refractivity (Wildman–Crippen MR) is 156 cm³/mol. The maximum Gasteiger partial charge on any atom is 0.414 e. The summed E-state index contributed by atoms with van der Waals surface area (Å²) < 4.78 is 47.7. The minimum atomic E-state index is -1.49. The molecule has 1 aliphatic heterocycles. The molecule has 1 aliphatic rings. The van der Waals surface area contributed by atoms with Gasteiger partial charge in [0.15, 0.2) is 11.9 Å². The molecule has 0 radical (unpaired) electrons. The molecule has 13 heteroatoms. The number of carboxylic acids is 1. The molecule has 0 aliphatic carbocycles. The van der Waals surface area contributed by atoms with Crippen molar-refractivity contribution in [1.29, 1.82) is 0 Å². The van der Waals surface area contributed by atoms with Gasteiger partial charge in [-0.05, 0) is 37.3 Å². The number of carbonyl (C=O) groups is 2. The molecule has 1 amide bonds. The highest BCUT2D eigenvalue weighted by atomic mass is 35.5. The van der Waals surface area contributed by atoms with E-state index in [-0.39, 0.29) is 54.8 Å². The highest BCUT2D eigenvalue weighted by Gasteiger charge is 2.30. The summed E-state index contributed by atoms with van der Waals surface area (Å²) in [6.07, 6.45) is 0.852. The minimum Gasteiger partial charge on any atom is -0.490 e. The standard InChI is InChI=1S/C30H25Cl2F2N3O6/c1-17-23(31)5-3-7-27(17)41-8-9-42-30(40)37-14-20(33)16-43-28-21(4-2-6-26(28)37)19-12-35-36(13-19)15-22-24(32)10-18(29(38)39)11-25(22)34/h2-7,10-13,20H,8-9,14-16H2,1H3,(H,38,39). The number of benzene rings is 3. The van der Waals surface area contributed by atoms with E-state index in [0.717, 1.165) is 11.6 Å². The Morgan fingerprint density at radius 2 is 1.93 bits per heavy atom. The lowest BCUT2D eigenvalue weighted by molar-refractivity contribution is 0.0696. The van der Waals surface area contributed by atoms with E-state index in [0.29, 0.717) is 27.6 Å². The lowest BCUT2D eigenvalue weighted by Crippen LogP contribution is -2.37. The summed E-state index contributed by atoms with van der Waals surface area (Å²) >= 11 is 12.3. The van der Waals surface area contributed by atoms with E-state index in [4.69, 9.17) is 42.5 Å². The van der Waals surface area contributed by atoms with Crippen LogP contribution in [0.2, 0.25) is 10.0 Å². The highest BCUT2D eigenvalue weighted by molar-refractivity contribution is 6.32. The van der Waals surface area contributed by atoms with E-state index >= 15 is 0 Å². The number of fused-ring (bicyclic) bond motifs is 1. The average molecular weight is 632 g/mol. The quantitative estimate of drug-likeness (QED) is 0.213. The Hall–Kier alpha value is -4.35. The van der Waals surface area contributed by atoms with E-state index in [2.05, 4.69) is 5.10 Å². The van der Waals surface area contributed by atoms with Gasteiger partial charge in [0.25, 0.3) is 0 Å². The van der Waals surface area contributed by atoms with Crippen LogP contribution < -0.4 is 14.4 Å². The van der Waals surface area contributed by atoms with Gasteiger partial charge in [-0.25, -0.2) is 18.4 Å². The Morgan fingerprint density at radius 3 is 2.70 bits per heavy atom. The van der Waals surface area contributed by atoms with Crippen molar-refractivity contribution in [2.24, 2.45) is 0 Å². The van der Waals surface area contributed by atoms with E-state index in [1.54, 1.807) is 42.6 Å². The van der Waals surface area contributed by atoms with E-state index in [1.165, 1.54) is 21.8 Å². The highest BCUT2D eigenvalue weighted by Crippen LogP contribution is 2.40.